The number of nitrogens with zero attached hydrogens (tertiary/aromatic N) is 1. The predicted octanol–water partition coefficient (Wildman–Crippen LogP) is 3.23. The number of hydrogen-bond donors (Lipinski definition) is 1. The van der Waals surface area contributed by atoms with Crippen molar-refractivity contribution in [3.05, 3.63) is 29.3 Å². The van der Waals surface area contributed by atoms with Crippen LogP contribution in [0.1, 0.15) is 55.5 Å². The van der Waals surface area contributed by atoms with Gasteiger partial charge in [-0.3, -0.25) is 9.69 Å². The molecule has 1 heterocycles. The highest BCUT2D eigenvalue weighted by Gasteiger charge is 2.54. The number of Topliss-reactive ketones (excluding diaryl/α,β-unsaturated/α-hetero) is 1. The average molecular weight is 298 g/mol. The van der Waals surface area contributed by atoms with Crippen molar-refractivity contribution in [3.63, 3.8) is 0 Å². The molecule has 1 saturated carbocycles. The van der Waals surface area contributed by atoms with Crippen LogP contribution >= 0.6 is 0 Å². The Morgan fingerprint density at radius 2 is 2.14 bits per heavy atom. The molecule has 0 radical (unpaired) electrons. The molecule has 4 rings (SSSR count). The SMILES string of the molecule is CC[C@@]12CCN(CC3CC3)[C@@H](C(=O)c3ccc(N)cc31)[C@H]2C. The highest BCUT2D eigenvalue weighted by Crippen LogP contribution is 2.51. The normalized spacial score (nSPS) is 34.5. The largest absolute Gasteiger partial charge is 0.399 e. The second-order valence-electron chi connectivity index (χ2n) is 7.60. The fraction of sp³-hybridized carbons (Fsp3) is 0.632. The molecule has 1 aromatic rings. The van der Waals surface area contributed by atoms with Gasteiger partial charge in [-0.1, -0.05) is 13.8 Å². The van der Waals surface area contributed by atoms with E-state index in [0.29, 0.717) is 11.7 Å². The fourth-order valence-electron chi connectivity index (χ4n) is 4.98. The Morgan fingerprint density at radius 3 is 2.82 bits per heavy atom. The van der Waals surface area contributed by atoms with Crippen LogP contribution in [0.3, 0.4) is 0 Å². The van der Waals surface area contributed by atoms with E-state index < -0.39 is 0 Å². The number of nitrogens with two attached hydrogens (primary N) is 1. The van der Waals surface area contributed by atoms with E-state index in [9.17, 15) is 4.79 Å². The first-order valence-corrected chi connectivity index (χ1v) is 8.75. The number of ketones is 1. The first kappa shape index (κ1) is 14.3. The lowest BCUT2D eigenvalue weighted by Gasteiger charge is -2.55. The number of anilines is 1. The molecule has 3 atom stereocenters. The summed E-state index contributed by atoms with van der Waals surface area (Å²) < 4.78 is 0. The smallest absolute Gasteiger partial charge is 0.180 e. The molecule has 1 aliphatic heterocycles. The minimum atomic E-state index is 0.0745. The zero-order valence-electron chi connectivity index (χ0n) is 13.6. The minimum absolute atomic E-state index is 0.0745. The van der Waals surface area contributed by atoms with E-state index in [1.165, 1.54) is 18.4 Å². The third-order valence-electron chi connectivity index (χ3n) is 6.52. The lowest BCUT2D eigenvalue weighted by molar-refractivity contribution is 0.0197. The van der Waals surface area contributed by atoms with E-state index in [1.807, 2.05) is 12.1 Å². The minimum Gasteiger partial charge on any atom is -0.399 e. The molecule has 22 heavy (non-hydrogen) atoms. The summed E-state index contributed by atoms with van der Waals surface area (Å²) in [4.78, 5) is 15.6. The van der Waals surface area contributed by atoms with Gasteiger partial charge in [-0.2, -0.15) is 0 Å². The van der Waals surface area contributed by atoms with Crippen LogP contribution in [0, 0.1) is 11.8 Å². The van der Waals surface area contributed by atoms with Crippen LogP contribution in [-0.4, -0.2) is 29.8 Å². The lowest BCUT2D eigenvalue weighted by atomic mass is 9.56. The molecular formula is C19H26N2O. The van der Waals surface area contributed by atoms with Gasteiger partial charge in [0.1, 0.15) is 0 Å². The number of hydrogen-bond acceptors (Lipinski definition) is 3. The standard InChI is InChI=1S/C19H26N2O/c1-3-19-8-9-21(11-13-4-5-13)17(12(19)2)18(22)15-7-6-14(20)10-16(15)19/h6-7,10,12-13,17H,3-5,8-9,11,20H2,1-2H3/t12-,17-,19+/m1/s1. The fourth-order valence-corrected chi connectivity index (χ4v) is 4.98. The molecule has 2 aliphatic carbocycles. The zero-order valence-corrected chi connectivity index (χ0v) is 13.6. The number of carbonyl (C=O) groups excluding carboxylic acids is 1. The average Bonchev–Trinajstić information content (AvgIpc) is 3.30. The maximum absolute atomic E-state index is 13.1. The summed E-state index contributed by atoms with van der Waals surface area (Å²) in [7, 11) is 0. The molecule has 3 nitrogen and oxygen atoms in total. The van der Waals surface area contributed by atoms with Gasteiger partial charge in [0.2, 0.25) is 0 Å². The number of likely N-dealkylation sites (tertiary alicyclic amines) is 1. The molecule has 2 N–H and O–H groups in total. The number of benzene rings is 1. The van der Waals surface area contributed by atoms with Gasteiger partial charge in [0.05, 0.1) is 6.04 Å². The quantitative estimate of drug-likeness (QED) is 0.871. The number of carbonyl (C=O) groups is 1. The van der Waals surface area contributed by atoms with Crippen molar-refractivity contribution in [1.82, 2.24) is 4.90 Å². The summed E-state index contributed by atoms with van der Waals surface area (Å²) in [5.74, 6) is 1.54. The Hall–Kier alpha value is -1.35. The predicted molar refractivity (Wildman–Crippen MR) is 89.0 cm³/mol. The van der Waals surface area contributed by atoms with Crippen LogP contribution < -0.4 is 5.73 Å². The molecule has 1 aromatic carbocycles. The molecule has 0 amide bonds. The molecule has 0 aromatic heterocycles. The second kappa shape index (κ2) is 4.82. The highest BCUT2D eigenvalue weighted by atomic mass is 16.1. The highest BCUT2D eigenvalue weighted by molar-refractivity contribution is 6.04. The number of fused-ring (bicyclic) bond motifs is 4. The number of piperidine rings is 1. The van der Waals surface area contributed by atoms with E-state index in [4.69, 9.17) is 5.73 Å². The van der Waals surface area contributed by atoms with Gasteiger partial charge in [-0.15, -0.1) is 0 Å². The molecule has 0 spiro atoms. The zero-order chi connectivity index (χ0) is 15.5. The van der Waals surface area contributed by atoms with Crippen molar-refractivity contribution in [2.75, 3.05) is 18.8 Å². The van der Waals surface area contributed by atoms with E-state index in [2.05, 4.69) is 24.8 Å². The van der Waals surface area contributed by atoms with Crippen molar-refractivity contribution in [3.8, 4) is 0 Å². The van der Waals surface area contributed by atoms with Crippen LogP contribution in [-0.2, 0) is 5.41 Å². The Morgan fingerprint density at radius 1 is 1.36 bits per heavy atom. The summed E-state index contributed by atoms with van der Waals surface area (Å²) in [5.41, 5.74) is 9.09. The van der Waals surface area contributed by atoms with Gasteiger partial charge >= 0.3 is 0 Å². The molecule has 1 saturated heterocycles. The van der Waals surface area contributed by atoms with Crippen LogP contribution in [0.25, 0.3) is 0 Å². The van der Waals surface area contributed by atoms with Crippen LogP contribution in [0.5, 0.6) is 0 Å². The first-order chi connectivity index (χ1) is 10.6. The summed E-state index contributed by atoms with van der Waals surface area (Å²) >= 11 is 0. The van der Waals surface area contributed by atoms with Gasteiger partial charge in [-0.05, 0) is 67.8 Å². The monoisotopic (exact) mass is 298 g/mol. The van der Waals surface area contributed by atoms with E-state index in [1.54, 1.807) is 0 Å². The first-order valence-electron chi connectivity index (χ1n) is 8.75. The molecule has 3 heteroatoms. The van der Waals surface area contributed by atoms with Crippen LogP contribution in [0.4, 0.5) is 5.69 Å². The summed E-state index contributed by atoms with van der Waals surface area (Å²) in [6.07, 6.45) is 4.93. The topological polar surface area (TPSA) is 46.3 Å². The van der Waals surface area contributed by atoms with Crippen molar-refractivity contribution < 1.29 is 4.79 Å². The van der Waals surface area contributed by atoms with Crippen molar-refractivity contribution in [2.45, 2.75) is 51.0 Å². The lowest BCUT2D eigenvalue weighted by Crippen LogP contribution is -2.61. The molecular weight excluding hydrogens is 272 g/mol. The summed E-state index contributed by atoms with van der Waals surface area (Å²) in [5, 5.41) is 0. The maximum Gasteiger partial charge on any atom is 0.180 e. The maximum atomic E-state index is 13.1. The Labute approximate surface area is 132 Å². The van der Waals surface area contributed by atoms with Gasteiger partial charge in [0, 0.05) is 23.2 Å². The van der Waals surface area contributed by atoms with Crippen molar-refractivity contribution in [2.24, 2.45) is 11.8 Å². The molecule has 2 bridgehead atoms. The van der Waals surface area contributed by atoms with Crippen LogP contribution in [0.2, 0.25) is 0 Å². The third kappa shape index (κ3) is 1.88. The van der Waals surface area contributed by atoms with Gasteiger partial charge < -0.3 is 5.73 Å². The molecule has 118 valence electrons. The molecule has 0 unspecified atom stereocenters. The molecule has 3 aliphatic rings. The van der Waals surface area contributed by atoms with Crippen molar-refractivity contribution in [1.29, 1.82) is 0 Å². The van der Waals surface area contributed by atoms with Crippen molar-refractivity contribution >= 4 is 11.5 Å². The number of rotatable bonds is 3. The van der Waals surface area contributed by atoms with E-state index >= 15 is 0 Å². The van der Waals surface area contributed by atoms with Gasteiger partial charge in [0.25, 0.3) is 0 Å². The van der Waals surface area contributed by atoms with Gasteiger partial charge in [0.15, 0.2) is 5.78 Å². The molecule has 2 fully saturated rings. The second-order valence-corrected chi connectivity index (χ2v) is 7.60. The van der Waals surface area contributed by atoms with Crippen LogP contribution in [0.15, 0.2) is 18.2 Å². The number of nitrogen functional groups attached to an aromatic ring is 1. The third-order valence-corrected chi connectivity index (χ3v) is 6.52. The summed E-state index contributed by atoms with van der Waals surface area (Å²) in [6.45, 7) is 6.73. The van der Waals surface area contributed by atoms with E-state index in [0.717, 1.165) is 43.1 Å². The Bertz CT molecular complexity index is 622. The summed E-state index contributed by atoms with van der Waals surface area (Å²) in [6, 6.07) is 6.00. The Balaban J connectivity index is 1.81. The van der Waals surface area contributed by atoms with E-state index in [-0.39, 0.29) is 11.5 Å². The Kier molecular flexibility index (Phi) is 3.12. The van der Waals surface area contributed by atoms with Gasteiger partial charge in [-0.25, -0.2) is 0 Å².